The van der Waals surface area contributed by atoms with Crippen molar-refractivity contribution in [2.45, 2.75) is 22.3 Å². The van der Waals surface area contributed by atoms with E-state index in [-0.39, 0.29) is 13.0 Å². The lowest BCUT2D eigenvalue weighted by molar-refractivity contribution is -0.134. The smallest absolute Gasteiger partial charge is 0.244 e. The molecule has 0 heterocycles. The number of carbonyl (C=O) groups is 2. The number of likely N-dealkylation sites (N-methyl/N-ethyl adjacent to an activating group) is 1. The molecule has 7 nitrogen and oxygen atoms in total. The average Bonchev–Trinajstić information content (AvgIpc) is 2.76. The number of nitrogens with one attached hydrogen (secondary N) is 2. The van der Waals surface area contributed by atoms with Gasteiger partial charge in [-0.25, -0.2) is 12.8 Å². The summed E-state index contributed by atoms with van der Waals surface area (Å²) in [7, 11) is -2.85. The summed E-state index contributed by atoms with van der Waals surface area (Å²) < 4.78 is 41.7. The zero-order valence-corrected chi connectivity index (χ0v) is 20.4. The molecule has 2 rings (SSSR count). The Morgan fingerprint density at radius 1 is 1.09 bits per heavy atom. The fourth-order valence-electron chi connectivity index (χ4n) is 2.88. The second-order valence-electron chi connectivity index (χ2n) is 6.83. The van der Waals surface area contributed by atoms with Gasteiger partial charge in [-0.1, -0.05) is 24.3 Å². The molecule has 0 saturated heterocycles. The number of halogens is 1. The highest BCUT2D eigenvalue weighted by Gasteiger charge is 2.29. The molecule has 2 aromatic carbocycles. The summed E-state index contributed by atoms with van der Waals surface area (Å²) in [5.74, 6) is -1.40. The number of rotatable bonds is 11. The molecule has 2 amide bonds. The van der Waals surface area contributed by atoms with E-state index in [1.54, 1.807) is 12.1 Å². The van der Waals surface area contributed by atoms with Crippen LogP contribution in [0.4, 0.5) is 10.1 Å². The Balaban J connectivity index is 2.12. The Bertz CT molecular complexity index is 1050. The second-order valence-corrected chi connectivity index (χ2v) is 10.3. The maximum absolute atomic E-state index is 14.0. The molecule has 0 saturated carbocycles. The quantitative estimate of drug-likeness (QED) is 0.462. The Morgan fingerprint density at radius 3 is 2.41 bits per heavy atom. The van der Waals surface area contributed by atoms with Gasteiger partial charge >= 0.3 is 0 Å². The number of thioether (sulfide) groups is 2. The van der Waals surface area contributed by atoms with Crippen LogP contribution in [0.5, 0.6) is 0 Å². The summed E-state index contributed by atoms with van der Waals surface area (Å²) >= 11 is 2.92. The molecule has 0 radical (unpaired) electrons. The summed E-state index contributed by atoms with van der Waals surface area (Å²) in [5.41, 5.74) is 0.630. The molecule has 0 aromatic heterocycles. The maximum Gasteiger partial charge on any atom is 0.244 e. The van der Waals surface area contributed by atoms with E-state index in [2.05, 4.69) is 10.0 Å². The van der Waals surface area contributed by atoms with Gasteiger partial charge in [-0.2, -0.15) is 16.5 Å². The third-order valence-corrected chi connectivity index (χ3v) is 7.42. The van der Waals surface area contributed by atoms with Gasteiger partial charge in [0, 0.05) is 11.9 Å². The van der Waals surface area contributed by atoms with Gasteiger partial charge in [0.05, 0.1) is 12.2 Å². The normalized spacial score (nSPS) is 12.2. The highest BCUT2D eigenvalue weighted by Crippen LogP contribution is 2.24. The monoisotopic (exact) mass is 499 g/mol. The number of hydrogen-bond acceptors (Lipinski definition) is 6. The average molecular weight is 500 g/mol. The molecule has 1 atom stereocenters. The Morgan fingerprint density at radius 2 is 1.75 bits per heavy atom. The minimum Gasteiger partial charge on any atom is -0.335 e. The fourth-order valence-corrected chi connectivity index (χ4v) is 5.21. The van der Waals surface area contributed by atoms with E-state index in [9.17, 15) is 22.4 Å². The van der Waals surface area contributed by atoms with Gasteiger partial charge in [0.25, 0.3) is 0 Å². The lowest BCUT2D eigenvalue weighted by Gasteiger charge is -2.24. The SMILES string of the molecule is CSCCC(NS(=O)(=O)c1ccccc1F)C(=O)N(C)CC(=O)Nc1ccccc1SC. The first kappa shape index (κ1) is 26.2. The molecule has 2 N–H and O–H groups in total. The standard InChI is InChI=1S/C21H26FN3O4S3/c1-25(14-20(26)23-16-9-5-6-10-18(16)31-3)21(27)17(12-13-30-2)24-32(28,29)19-11-7-4-8-15(19)22/h4-11,17,24H,12-14H2,1-3H3,(H,23,26). The summed E-state index contributed by atoms with van der Waals surface area (Å²) in [6.07, 6.45) is 3.90. The molecular formula is C21H26FN3O4S3. The van der Waals surface area contributed by atoms with Crippen LogP contribution < -0.4 is 10.0 Å². The number of hydrogen-bond donors (Lipinski definition) is 2. The van der Waals surface area contributed by atoms with Crippen LogP contribution in [0.25, 0.3) is 0 Å². The molecule has 32 heavy (non-hydrogen) atoms. The first-order chi connectivity index (χ1) is 15.2. The maximum atomic E-state index is 14.0. The molecule has 2 aromatic rings. The number of para-hydroxylation sites is 1. The number of benzene rings is 2. The zero-order valence-electron chi connectivity index (χ0n) is 18.0. The van der Waals surface area contributed by atoms with Gasteiger partial charge in [-0.3, -0.25) is 9.59 Å². The molecule has 1 unspecified atom stereocenters. The van der Waals surface area contributed by atoms with Gasteiger partial charge in [0.15, 0.2) is 0 Å². The van der Waals surface area contributed by atoms with Crippen molar-refractivity contribution in [3.05, 3.63) is 54.3 Å². The molecule has 0 aliphatic heterocycles. The number of anilines is 1. The van der Waals surface area contributed by atoms with Crippen molar-refractivity contribution in [1.29, 1.82) is 0 Å². The number of carbonyl (C=O) groups excluding carboxylic acids is 2. The highest BCUT2D eigenvalue weighted by atomic mass is 32.2. The van der Waals surface area contributed by atoms with Gasteiger partial charge in [0.1, 0.15) is 16.8 Å². The van der Waals surface area contributed by atoms with Crippen molar-refractivity contribution in [2.24, 2.45) is 0 Å². The number of sulfonamides is 1. The van der Waals surface area contributed by atoms with Crippen molar-refractivity contribution in [1.82, 2.24) is 9.62 Å². The van der Waals surface area contributed by atoms with Crippen LogP contribution in [-0.4, -0.2) is 63.0 Å². The summed E-state index contributed by atoms with van der Waals surface area (Å²) in [6.45, 7) is -0.265. The molecule has 0 spiro atoms. The minimum absolute atomic E-state index is 0.189. The number of nitrogens with zero attached hydrogens (tertiary/aromatic N) is 1. The second kappa shape index (κ2) is 12.2. The molecule has 0 bridgehead atoms. The van der Waals surface area contributed by atoms with Crippen LogP contribution >= 0.6 is 23.5 Å². The molecule has 174 valence electrons. The number of amides is 2. The van der Waals surface area contributed by atoms with Gasteiger partial charge in [-0.05, 0) is 49.0 Å². The zero-order chi connectivity index (χ0) is 23.7. The summed E-state index contributed by atoms with van der Waals surface area (Å²) in [6, 6.07) is 11.1. The summed E-state index contributed by atoms with van der Waals surface area (Å²) in [4.78, 5) is 26.9. The molecular weight excluding hydrogens is 473 g/mol. The Kier molecular flexibility index (Phi) is 10.0. The predicted molar refractivity (Wildman–Crippen MR) is 128 cm³/mol. The van der Waals surface area contributed by atoms with E-state index in [0.717, 1.165) is 21.9 Å². The van der Waals surface area contributed by atoms with Gasteiger partial charge in [0.2, 0.25) is 21.8 Å². The van der Waals surface area contributed by atoms with E-state index >= 15 is 0 Å². The van der Waals surface area contributed by atoms with Crippen LogP contribution in [-0.2, 0) is 19.6 Å². The third kappa shape index (κ3) is 7.22. The highest BCUT2D eigenvalue weighted by molar-refractivity contribution is 7.98. The lowest BCUT2D eigenvalue weighted by atomic mass is 10.2. The van der Waals surface area contributed by atoms with Crippen LogP contribution in [0, 0.1) is 5.82 Å². The van der Waals surface area contributed by atoms with Crippen LogP contribution in [0.2, 0.25) is 0 Å². The van der Waals surface area contributed by atoms with Gasteiger partial charge < -0.3 is 10.2 Å². The Hall–Kier alpha value is -2.08. The third-order valence-electron chi connectivity index (χ3n) is 4.47. The van der Waals surface area contributed by atoms with Crippen LogP contribution in [0.3, 0.4) is 0 Å². The van der Waals surface area contributed by atoms with E-state index < -0.39 is 38.6 Å². The first-order valence-electron chi connectivity index (χ1n) is 9.63. The largest absolute Gasteiger partial charge is 0.335 e. The van der Waals surface area contributed by atoms with Crippen LogP contribution in [0.15, 0.2) is 58.3 Å². The van der Waals surface area contributed by atoms with E-state index in [0.29, 0.717) is 11.4 Å². The molecule has 0 fully saturated rings. The van der Waals surface area contributed by atoms with Crippen molar-refractivity contribution in [3.8, 4) is 0 Å². The van der Waals surface area contributed by atoms with Crippen molar-refractivity contribution in [2.75, 3.05) is 37.2 Å². The van der Waals surface area contributed by atoms with Crippen molar-refractivity contribution < 1.29 is 22.4 Å². The lowest BCUT2D eigenvalue weighted by Crippen LogP contribution is -2.49. The van der Waals surface area contributed by atoms with Crippen molar-refractivity contribution in [3.63, 3.8) is 0 Å². The molecule has 0 aliphatic rings. The molecule has 11 heteroatoms. The van der Waals surface area contributed by atoms with E-state index in [4.69, 9.17) is 0 Å². The predicted octanol–water partition coefficient (Wildman–Crippen LogP) is 3.04. The van der Waals surface area contributed by atoms with Crippen LogP contribution in [0.1, 0.15) is 6.42 Å². The van der Waals surface area contributed by atoms with E-state index in [1.165, 1.54) is 42.7 Å². The minimum atomic E-state index is -4.27. The van der Waals surface area contributed by atoms with E-state index in [1.807, 2.05) is 24.6 Å². The first-order valence-corrected chi connectivity index (χ1v) is 13.7. The summed E-state index contributed by atoms with van der Waals surface area (Å²) in [5, 5.41) is 2.76. The fraction of sp³-hybridized carbons (Fsp3) is 0.333. The Labute approximate surface area is 196 Å². The molecule has 0 aliphatic carbocycles. The van der Waals surface area contributed by atoms with Gasteiger partial charge in [-0.15, -0.1) is 11.8 Å². The topological polar surface area (TPSA) is 95.6 Å². The van der Waals surface area contributed by atoms with Crippen molar-refractivity contribution >= 4 is 51.0 Å².